The van der Waals surface area contributed by atoms with Crippen LogP contribution >= 0.6 is 0 Å². The van der Waals surface area contributed by atoms with E-state index in [0.717, 1.165) is 5.56 Å². The van der Waals surface area contributed by atoms with Crippen LogP contribution in [0.5, 0.6) is 0 Å². The number of hydrogen-bond donors (Lipinski definition) is 3. The third-order valence-corrected chi connectivity index (χ3v) is 2.23. The lowest BCUT2D eigenvalue weighted by Gasteiger charge is -2.17. The Morgan fingerprint density at radius 1 is 1.47 bits per heavy atom. The van der Waals surface area contributed by atoms with Crippen molar-refractivity contribution < 1.29 is 10.2 Å². The number of anilines is 1. The highest BCUT2D eigenvalue weighted by Crippen LogP contribution is 2.25. The van der Waals surface area contributed by atoms with Crippen molar-refractivity contribution in [3.63, 3.8) is 0 Å². The summed E-state index contributed by atoms with van der Waals surface area (Å²) in [4.78, 5) is 0. The van der Waals surface area contributed by atoms with E-state index in [-0.39, 0.29) is 6.42 Å². The molecule has 0 heterocycles. The normalized spacial score (nSPS) is 14.3. The van der Waals surface area contributed by atoms with Crippen molar-refractivity contribution in [1.29, 1.82) is 5.26 Å². The number of nitrogen functional groups attached to an aromatic ring is 1. The second kappa shape index (κ2) is 4.78. The summed E-state index contributed by atoms with van der Waals surface area (Å²) in [5, 5.41) is 27.5. The van der Waals surface area contributed by atoms with Gasteiger partial charge < -0.3 is 15.9 Å². The minimum atomic E-state index is -1.11. The van der Waals surface area contributed by atoms with Crippen LogP contribution in [0.1, 0.15) is 23.7 Å². The molecule has 4 heteroatoms. The minimum absolute atomic E-state index is 0.117. The maximum Gasteiger partial charge on any atom is 0.108 e. The predicted molar refractivity (Wildman–Crippen MR) is 56.8 cm³/mol. The highest BCUT2D eigenvalue weighted by atomic mass is 16.3. The van der Waals surface area contributed by atoms with Crippen molar-refractivity contribution in [3.8, 4) is 6.07 Å². The summed E-state index contributed by atoms with van der Waals surface area (Å²) in [5.41, 5.74) is 7.58. The lowest BCUT2D eigenvalue weighted by Crippen LogP contribution is -2.18. The first kappa shape index (κ1) is 11.5. The summed E-state index contributed by atoms with van der Waals surface area (Å²) in [6.45, 7) is 1.89. The van der Waals surface area contributed by atoms with Gasteiger partial charge in [0.1, 0.15) is 6.10 Å². The molecule has 0 aliphatic rings. The highest BCUT2D eigenvalue weighted by Gasteiger charge is 2.19. The molecule has 2 atom stereocenters. The van der Waals surface area contributed by atoms with Gasteiger partial charge in [0.2, 0.25) is 0 Å². The second-order valence-corrected chi connectivity index (χ2v) is 3.51. The van der Waals surface area contributed by atoms with E-state index in [0.29, 0.717) is 11.3 Å². The maximum absolute atomic E-state index is 9.71. The number of aryl methyl sites for hydroxylation is 1. The van der Waals surface area contributed by atoms with Gasteiger partial charge in [0.15, 0.2) is 0 Å². The number of nitrogens with two attached hydrogens (primary N) is 1. The van der Waals surface area contributed by atoms with Gasteiger partial charge >= 0.3 is 0 Å². The highest BCUT2D eigenvalue weighted by molar-refractivity contribution is 5.50. The van der Waals surface area contributed by atoms with Crippen LogP contribution in [-0.2, 0) is 0 Å². The number of aliphatic hydroxyl groups excluding tert-OH is 2. The number of hydrogen-bond acceptors (Lipinski definition) is 4. The number of benzene rings is 1. The first-order valence-corrected chi connectivity index (χ1v) is 4.65. The molecule has 0 amide bonds. The van der Waals surface area contributed by atoms with E-state index in [2.05, 4.69) is 0 Å². The van der Waals surface area contributed by atoms with Crippen molar-refractivity contribution in [2.75, 3.05) is 5.73 Å². The Morgan fingerprint density at radius 3 is 2.67 bits per heavy atom. The molecule has 0 fully saturated rings. The lowest BCUT2D eigenvalue weighted by molar-refractivity contribution is 0.0221. The predicted octanol–water partition coefficient (Wildman–Crippen LogP) is 0.885. The molecule has 0 radical (unpaired) electrons. The van der Waals surface area contributed by atoms with E-state index in [4.69, 9.17) is 11.0 Å². The van der Waals surface area contributed by atoms with E-state index < -0.39 is 12.2 Å². The second-order valence-electron chi connectivity index (χ2n) is 3.51. The van der Waals surface area contributed by atoms with Crippen LogP contribution in [0.15, 0.2) is 18.2 Å². The zero-order valence-electron chi connectivity index (χ0n) is 8.51. The van der Waals surface area contributed by atoms with Crippen molar-refractivity contribution in [3.05, 3.63) is 29.3 Å². The molecule has 1 aromatic carbocycles. The summed E-state index contributed by atoms with van der Waals surface area (Å²) in [6, 6.07) is 6.98. The number of nitrogens with zero attached hydrogens (tertiary/aromatic N) is 1. The zero-order chi connectivity index (χ0) is 11.4. The molecule has 80 valence electrons. The van der Waals surface area contributed by atoms with Gasteiger partial charge in [-0.25, -0.2) is 0 Å². The molecule has 0 aliphatic heterocycles. The Bertz CT molecular complexity index is 385. The average Bonchev–Trinajstić information content (AvgIpc) is 2.17. The van der Waals surface area contributed by atoms with E-state index >= 15 is 0 Å². The Kier molecular flexibility index (Phi) is 3.67. The van der Waals surface area contributed by atoms with Gasteiger partial charge in [0.25, 0.3) is 0 Å². The fourth-order valence-electron chi connectivity index (χ4n) is 1.38. The third kappa shape index (κ3) is 2.69. The van der Waals surface area contributed by atoms with Gasteiger partial charge in [-0.15, -0.1) is 0 Å². The minimum Gasteiger partial charge on any atom is -0.398 e. The van der Waals surface area contributed by atoms with Crippen molar-refractivity contribution in [2.45, 2.75) is 25.6 Å². The zero-order valence-corrected chi connectivity index (χ0v) is 8.51. The first-order chi connectivity index (χ1) is 7.06. The van der Waals surface area contributed by atoms with Crippen LogP contribution in [0.3, 0.4) is 0 Å². The molecule has 0 saturated heterocycles. The molecular weight excluding hydrogens is 192 g/mol. The summed E-state index contributed by atoms with van der Waals surface area (Å²) >= 11 is 0. The number of nitriles is 1. The topological polar surface area (TPSA) is 90.3 Å². The van der Waals surface area contributed by atoms with Crippen LogP contribution in [0.25, 0.3) is 0 Å². The average molecular weight is 206 g/mol. The SMILES string of the molecule is Cc1ccc(C(O)C(O)CC#N)c(N)c1. The van der Waals surface area contributed by atoms with Gasteiger partial charge in [-0.05, 0) is 18.6 Å². The first-order valence-electron chi connectivity index (χ1n) is 4.65. The molecule has 0 bridgehead atoms. The van der Waals surface area contributed by atoms with Crippen molar-refractivity contribution in [1.82, 2.24) is 0 Å². The van der Waals surface area contributed by atoms with Crippen molar-refractivity contribution in [2.24, 2.45) is 0 Å². The van der Waals surface area contributed by atoms with Gasteiger partial charge in [-0.1, -0.05) is 12.1 Å². The standard InChI is InChI=1S/C11H14N2O2/c1-7-2-3-8(9(13)6-7)11(15)10(14)4-5-12/h2-3,6,10-11,14-15H,4,13H2,1H3. The van der Waals surface area contributed by atoms with Crippen LogP contribution in [0.2, 0.25) is 0 Å². The molecule has 15 heavy (non-hydrogen) atoms. The molecule has 4 N–H and O–H groups in total. The Morgan fingerprint density at radius 2 is 2.13 bits per heavy atom. The monoisotopic (exact) mass is 206 g/mol. The smallest absolute Gasteiger partial charge is 0.108 e. The van der Waals surface area contributed by atoms with Gasteiger partial charge in [-0.3, -0.25) is 0 Å². The van der Waals surface area contributed by atoms with Crippen LogP contribution in [0, 0.1) is 18.3 Å². The maximum atomic E-state index is 9.71. The molecule has 4 nitrogen and oxygen atoms in total. The molecule has 1 rings (SSSR count). The van der Waals surface area contributed by atoms with E-state index in [1.165, 1.54) is 0 Å². The van der Waals surface area contributed by atoms with E-state index in [9.17, 15) is 10.2 Å². The molecular formula is C11H14N2O2. The van der Waals surface area contributed by atoms with Crippen LogP contribution in [-0.4, -0.2) is 16.3 Å². The fourth-order valence-corrected chi connectivity index (χ4v) is 1.38. The largest absolute Gasteiger partial charge is 0.398 e. The molecule has 0 saturated carbocycles. The third-order valence-electron chi connectivity index (χ3n) is 2.23. The molecule has 0 aromatic heterocycles. The quantitative estimate of drug-likeness (QED) is 0.640. The summed E-state index contributed by atoms with van der Waals surface area (Å²) in [6.07, 6.45) is -2.32. The molecule has 2 unspecified atom stereocenters. The molecule has 1 aromatic rings. The Labute approximate surface area is 88.6 Å². The van der Waals surface area contributed by atoms with Gasteiger partial charge in [-0.2, -0.15) is 5.26 Å². The van der Waals surface area contributed by atoms with Crippen LogP contribution in [0.4, 0.5) is 5.69 Å². The van der Waals surface area contributed by atoms with E-state index in [1.54, 1.807) is 24.3 Å². The van der Waals surface area contributed by atoms with Gasteiger partial charge in [0, 0.05) is 11.3 Å². The van der Waals surface area contributed by atoms with Crippen LogP contribution < -0.4 is 5.73 Å². The molecule has 0 aliphatic carbocycles. The van der Waals surface area contributed by atoms with Crippen molar-refractivity contribution >= 4 is 5.69 Å². The number of aliphatic hydroxyl groups is 2. The fraction of sp³-hybridized carbons (Fsp3) is 0.364. The molecule has 0 spiro atoms. The summed E-state index contributed by atoms with van der Waals surface area (Å²) < 4.78 is 0. The number of rotatable bonds is 3. The van der Waals surface area contributed by atoms with Gasteiger partial charge in [0.05, 0.1) is 18.6 Å². The van der Waals surface area contributed by atoms with E-state index in [1.807, 2.05) is 6.92 Å². The lowest BCUT2D eigenvalue weighted by atomic mass is 9.99. The summed E-state index contributed by atoms with van der Waals surface area (Å²) in [7, 11) is 0. The summed E-state index contributed by atoms with van der Waals surface area (Å²) in [5.74, 6) is 0. The Hall–Kier alpha value is -1.57. The Balaban J connectivity index is 2.91.